The molecule has 1 aromatic carbocycles. The molecule has 1 fully saturated rings. The molecule has 0 radical (unpaired) electrons. The van der Waals surface area contributed by atoms with Crippen LogP contribution in [0.25, 0.3) is 6.08 Å². The van der Waals surface area contributed by atoms with Crippen molar-refractivity contribution in [3.8, 4) is 0 Å². The van der Waals surface area contributed by atoms with Crippen molar-refractivity contribution in [3.05, 3.63) is 34.7 Å². The molecule has 1 amide bonds. The van der Waals surface area contributed by atoms with Crippen LogP contribution < -0.4 is 10.8 Å². The summed E-state index contributed by atoms with van der Waals surface area (Å²) in [5.74, 6) is -0.203. The van der Waals surface area contributed by atoms with E-state index in [0.717, 1.165) is 5.56 Å². The zero-order valence-corrected chi connectivity index (χ0v) is 10.2. The van der Waals surface area contributed by atoms with E-state index < -0.39 is 7.12 Å². The molecular formula is C10H8BNO3S2. The Morgan fingerprint density at radius 2 is 1.94 bits per heavy atom. The molecule has 1 aromatic rings. The van der Waals surface area contributed by atoms with Gasteiger partial charge in [-0.15, -0.1) is 0 Å². The third-order valence-corrected chi connectivity index (χ3v) is 3.34. The first-order valence-electron chi connectivity index (χ1n) is 4.77. The molecule has 0 aromatic heterocycles. The van der Waals surface area contributed by atoms with E-state index in [2.05, 4.69) is 5.32 Å². The van der Waals surface area contributed by atoms with Gasteiger partial charge in [0.05, 0.1) is 4.91 Å². The highest BCUT2D eigenvalue weighted by Crippen LogP contribution is 2.25. The van der Waals surface area contributed by atoms with Gasteiger partial charge < -0.3 is 15.4 Å². The minimum absolute atomic E-state index is 0.203. The van der Waals surface area contributed by atoms with Crippen LogP contribution in [0.2, 0.25) is 0 Å². The summed E-state index contributed by atoms with van der Waals surface area (Å²) in [6.07, 6.45) is 1.70. The van der Waals surface area contributed by atoms with Crippen molar-refractivity contribution in [1.82, 2.24) is 5.32 Å². The lowest BCUT2D eigenvalue weighted by molar-refractivity contribution is -0.115. The van der Waals surface area contributed by atoms with Crippen molar-refractivity contribution in [3.63, 3.8) is 0 Å². The van der Waals surface area contributed by atoms with Crippen molar-refractivity contribution >= 4 is 52.9 Å². The van der Waals surface area contributed by atoms with Gasteiger partial charge >= 0.3 is 7.12 Å². The van der Waals surface area contributed by atoms with Gasteiger partial charge in [-0.25, -0.2) is 0 Å². The Balaban J connectivity index is 2.21. The first-order valence-corrected chi connectivity index (χ1v) is 6.00. The molecule has 2 rings (SSSR count). The summed E-state index contributed by atoms with van der Waals surface area (Å²) in [6.45, 7) is 0. The lowest BCUT2D eigenvalue weighted by Gasteiger charge is -1.99. The van der Waals surface area contributed by atoms with E-state index in [0.29, 0.717) is 14.7 Å². The predicted octanol–water partition coefficient (Wildman–Crippen LogP) is -0.145. The number of nitrogens with one attached hydrogen (secondary N) is 1. The number of amides is 1. The van der Waals surface area contributed by atoms with E-state index in [1.54, 1.807) is 30.3 Å². The molecule has 0 saturated carbocycles. The van der Waals surface area contributed by atoms with Crippen LogP contribution >= 0.6 is 24.0 Å². The van der Waals surface area contributed by atoms with Gasteiger partial charge in [0.1, 0.15) is 4.32 Å². The van der Waals surface area contributed by atoms with Crippen molar-refractivity contribution in [2.24, 2.45) is 0 Å². The Bertz CT molecular complexity index is 499. The average molecular weight is 265 g/mol. The molecule has 0 spiro atoms. The van der Waals surface area contributed by atoms with Crippen LogP contribution in [0.15, 0.2) is 29.2 Å². The summed E-state index contributed by atoms with van der Waals surface area (Å²) in [4.78, 5) is 11.9. The lowest BCUT2D eigenvalue weighted by Crippen LogP contribution is -2.29. The van der Waals surface area contributed by atoms with Crippen LogP contribution in [0.5, 0.6) is 0 Å². The smallest absolute Gasteiger partial charge is 0.423 e. The molecule has 17 heavy (non-hydrogen) atoms. The minimum Gasteiger partial charge on any atom is -0.423 e. The SMILES string of the molecule is O=C1NC(=S)S/C1=C/c1ccc(B(O)O)cc1. The van der Waals surface area contributed by atoms with E-state index in [-0.39, 0.29) is 5.91 Å². The lowest BCUT2D eigenvalue weighted by atomic mass is 9.80. The molecule has 0 unspecified atom stereocenters. The summed E-state index contributed by atoms with van der Waals surface area (Å²) in [7, 11) is -1.48. The second-order valence-electron chi connectivity index (χ2n) is 3.39. The van der Waals surface area contributed by atoms with Crippen LogP contribution in [0.1, 0.15) is 5.56 Å². The van der Waals surface area contributed by atoms with Gasteiger partial charge in [-0.1, -0.05) is 48.2 Å². The summed E-state index contributed by atoms with van der Waals surface area (Å²) in [5.41, 5.74) is 1.21. The Morgan fingerprint density at radius 3 is 2.41 bits per heavy atom. The Kier molecular flexibility index (Phi) is 3.63. The second kappa shape index (κ2) is 5.01. The number of carbonyl (C=O) groups excluding carboxylic acids is 1. The zero-order chi connectivity index (χ0) is 12.4. The molecule has 1 heterocycles. The molecule has 0 bridgehead atoms. The monoisotopic (exact) mass is 265 g/mol. The Labute approximate surface area is 108 Å². The fourth-order valence-electron chi connectivity index (χ4n) is 1.34. The highest BCUT2D eigenvalue weighted by molar-refractivity contribution is 8.26. The highest BCUT2D eigenvalue weighted by atomic mass is 32.2. The topological polar surface area (TPSA) is 69.6 Å². The van der Waals surface area contributed by atoms with E-state index in [4.69, 9.17) is 22.3 Å². The normalized spacial score (nSPS) is 17.4. The molecule has 1 aliphatic rings. The van der Waals surface area contributed by atoms with Crippen molar-refractivity contribution in [2.75, 3.05) is 0 Å². The number of thioether (sulfide) groups is 1. The molecule has 1 aliphatic heterocycles. The second-order valence-corrected chi connectivity index (χ2v) is 5.11. The Hall–Kier alpha value is -1.15. The van der Waals surface area contributed by atoms with Gasteiger partial charge in [0.25, 0.3) is 5.91 Å². The maximum absolute atomic E-state index is 11.4. The van der Waals surface area contributed by atoms with Crippen LogP contribution in [0.4, 0.5) is 0 Å². The standard InChI is InChI=1S/C10H8BNO3S2/c13-9-8(17-10(16)12-9)5-6-1-3-7(4-2-6)11(14)15/h1-5,14-15H,(H,12,13,16)/b8-5+. The van der Waals surface area contributed by atoms with Gasteiger partial charge in [-0.3, -0.25) is 4.79 Å². The van der Waals surface area contributed by atoms with Gasteiger partial charge in [0.2, 0.25) is 0 Å². The van der Waals surface area contributed by atoms with Gasteiger partial charge in [0.15, 0.2) is 0 Å². The quantitative estimate of drug-likeness (QED) is 0.394. The highest BCUT2D eigenvalue weighted by Gasteiger charge is 2.21. The van der Waals surface area contributed by atoms with E-state index >= 15 is 0 Å². The Morgan fingerprint density at radius 1 is 1.29 bits per heavy atom. The van der Waals surface area contributed by atoms with Crippen molar-refractivity contribution in [1.29, 1.82) is 0 Å². The van der Waals surface area contributed by atoms with Gasteiger partial charge in [-0.05, 0) is 17.1 Å². The van der Waals surface area contributed by atoms with Crippen molar-refractivity contribution < 1.29 is 14.8 Å². The van der Waals surface area contributed by atoms with Crippen LogP contribution in [0.3, 0.4) is 0 Å². The first kappa shape index (κ1) is 12.3. The number of rotatable bonds is 2. The molecular weight excluding hydrogens is 257 g/mol. The summed E-state index contributed by atoms with van der Waals surface area (Å²) < 4.78 is 0.448. The van der Waals surface area contributed by atoms with E-state index in [9.17, 15) is 4.79 Å². The molecule has 0 aliphatic carbocycles. The summed E-state index contributed by atoms with van der Waals surface area (Å²) >= 11 is 6.08. The largest absolute Gasteiger partial charge is 0.488 e. The van der Waals surface area contributed by atoms with Gasteiger partial charge in [0, 0.05) is 0 Å². The van der Waals surface area contributed by atoms with Crippen LogP contribution in [0, 0.1) is 0 Å². The molecule has 86 valence electrons. The van der Waals surface area contributed by atoms with Crippen LogP contribution in [-0.4, -0.2) is 27.4 Å². The number of hydrogen-bond acceptors (Lipinski definition) is 5. The van der Waals surface area contributed by atoms with E-state index in [1.165, 1.54) is 11.8 Å². The summed E-state index contributed by atoms with van der Waals surface area (Å²) in [6, 6.07) is 6.59. The third kappa shape index (κ3) is 2.95. The zero-order valence-electron chi connectivity index (χ0n) is 8.58. The minimum atomic E-state index is -1.48. The fraction of sp³-hybridized carbons (Fsp3) is 0. The van der Waals surface area contributed by atoms with Crippen molar-refractivity contribution in [2.45, 2.75) is 0 Å². The first-order chi connectivity index (χ1) is 8.06. The molecule has 4 nitrogen and oxygen atoms in total. The maximum atomic E-state index is 11.4. The molecule has 7 heteroatoms. The maximum Gasteiger partial charge on any atom is 0.488 e. The van der Waals surface area contributed by atoms with Gasteiger partial charge in [-0.2, -0.15) is 0 Å². The fourth-order valence-corrected chi connectivity index (χ4v) is 2.38. The number of benzene rings is 1. The molecule has 3 N–H and O–H groups in total. The average Bonchev–Trinajstić information content (AvgIpc) is 2.58. The molecule has 1 saturated heterocycles. The third-order valence-electron chi connectivity index (χ3n) is 2.17. The van der Waals surface area contributed by atoms with Crippen LogP contribution in [-0.2, 0) is 4.79 Å². The summed E-state index contributed by atoms with van der Waals surface area (Å²) in [5, 5.41) is 20.4. The number of thiocarbonyl (C=S) groups is 1. The number of hydrogen-bond donors (Lipinski definition) is 3. The number of carbonyl (C=O) groups is 1. The molecule has 0 atom stereocenters. The van der Waals surface area contributed by atoms with E-state index in [1.807, 2.05) is 0 Å². The predicted molar refractivity (Wildman–Crippen MR) is 72.6 cm³/mol.